The van der Waals surface area contributed by atoms with E-state index in [1.54, 1.807) is 36.7 Å². The third-order valence-electron chi connectivity index (χ3n) is 3.91. The second-order valence-electron chi connectivity index (χ2n) is 6.13. The number of hydrogen-bond acceptors (Lipinski definition) is 7. The zero-order valence-corrected chi connectivity index (χ0v) is 15.3. The van der Waals surface area contributed by atoms with Gasteiger partial charge in [-0.3, -0.25) is 5.01 Å². The molecule has 1 N–H and O–H groups in total. The fourth-order valence-electron chi connectivity index (χ4n) is 2.85. The van der Waals surface area contributed by atoms with Crippen LogP contribution < -0.4 is 9.75 Å². The maximum Gasteiger partial charge on any atom is 0.216 e. The molecule has 0 amide bonds. The van der Waals surface area contributed by atoms with Gasteiger partial charge in [0.25, 0.3) is 0 Å². The smallest absolute Gasteiger partial charge is 0.216 e. The van der Waals surface area contributed by atoms with Crippen LogP contribution in [0.25, 0.3) is 0 Å². The number of benzene rings is 1. The van der Waals surface area contributed by atoms with Crippen LogP contribution in [0.5, 0.6) is 11.5 Å². The van der Waals surface area contributed by atoms with Gasteiger partial charge in [0.05, 0.1) is 7.11 Å². The molecule has 6 nitrogen and oxygen atoms in total. The van der Waals surface area contributed by atoms with E-state index in [0.717, 1.165) is 28.0 Å². The molecular weight excluding hydrogens is 344 g/mol. The van der Waals surface area contributed by atoms with Crippen molar-refractivity contribution in [3.05, 3.63) is 40.0 Å². The first-order valence-corrected chi connectivity index (χ1v) is 9.48. The Labute approximate surface area is 148 Å². The predicted octanol–water partition coefficient (Wildman–Crippen LogP) is 3.48. The molecule has 0 spiro atoms. The lowest BCUT2D eigenvalue weighted by molar-refractivity contribution is 0.372. The zero-order chi connectivity index (χ0) is 16.8. The van der Waals surface area contributed by atoms with Gasteiger partial charge in [0.15, 0.2) is 17.3 Å². The minimum atomic E-state index is 0.0742. The minimum Gasteiger partial charge on any atom is -0.504 e. The lowest BCUT2D eigenvalue weighted by atomic mass is 10.1. The summed E-state index contributed by atoms with van der Waals surface area (Å²) in [5.74, 6) is 2.13. The summed E-state index contributed by atoms with van der Waals surface area (Å²) < 4.78 is 7.38. The van der Waals surface area contributed by atoms with E-state index < -0.39 is 0 Å². The normalized spacial score (nSPS) is 18.8. The highest BCUT2D eigenvalue weighted by Crippen LogP contribution is 2.51. The van der Waals surface area contributed by atoms with E-state index >= 15 is 0 Å². The molecule has 2 aromatic rings. The van der Waals surface area contributed by atoms with Crippen molar-refractivity contribution in [3.63, 3.8) is 0 Å². The molecule has 126 valence electrons. The largest absolute Gasteiger partial charge is 0.504 e. The highest BCUT2D eigenvalue weighted by molar-refractivity contribution is 8.07. The van der Waals surface area contributed by atoms with Gasteiger partial charge in [-0.1, -0.05) is 31.7 Å². The van der Waals surface area contributed by atoms with Gasteiger partial charge >= 0.3 is 0 Å². The van der Waals surface area contributed by atoms with Crippen LogP contribution in [0.4, 0.5) is 0 Å². The maximum absolute atomic E-state index is 9.85. The van der Waals surface area contributed by atoms with Crippen LogP contribution in [0.15, 0.2) is 33.8 Å². The number of methoxy groups -OCH3 is 1. The summed E-state index contributed by atoms with van der Waals surface area (Å²) in [6, 6.07) is 5.50. The van der Waals surface area contributed by atoms with Gasteiger partial charge in [0.2, 0.25) is 5.16 Å². The average molecular weight is 362 g/mol. The van der Waals surface area contributed by atoms with Gasteiger partial charge in [-0.15, -0.1) is 10.2 Å². The van der Waals surface area contributed by atoms with E-state index in [1.165, 1.54) is 0 Å². The molecule has 1 atom stereocenters. The first kappa shape index (κ1) is 15.7. The number of nitrogens with zero attached hydrogens (tertiary/aromatic N) is 4. The molecule has 4 rings (SSSR count). The van der Waals surface area contributed by atoms with Gasteiger partial charge in [0, 0.05) is 11.8 Å². The molecule has 0 fully saturated rings. The number of hydrogen-bond donors (Lipinski definition) is 1. The van der Waals surface area contributed by atoms with Crippen LogP contribution >= 0.6 is 23.5 Å². The number of rotatable bonds is 4. The molecule has 8 heteroatoms. The Bertz CT molecular complexity index is 818. The number of aromatic nitrogens is 3. The van der Waals surface area contributed by atoms with E-state index in [-0.39, 0.29) is 11.1 Å². The average Bonchev–Trinajstić information content (AvgIpc) is 3.20. The van der Waals surface area contributed by atoms with Crippen LogP contribution in [0.2, 0.25) is 0 Å². The summed E-state index contributed by atoms with van der Waals surface area (Å²) in [5, 5.41) is 25.1. The highest BCUT2D eigenvalue weighted by Gasteiger charge is 2.39. The van der Waals surface area contributed by atoms with Gasteiger partial charge in [0.1, 0.15) is 10.4 Å². The third-order valence-corrected chi connectivity index (χ3v) is 6.10. The van der Waals surface area contributed by atoms with E-state index in [9.17, 15) is 5.11 Å². The first-order valence-electron chi connectivity index (χ1n) is 7.72. The van der Waals surface area contributed by atoms with Crippen LogP contribution in [-0.2, 0) is 6.42 Å². The number of aromatic hydroxyl groups is 1. The molecule has 0 saturated heterocycles. The molecule has 24 heavy (non-hydrogen) atoms. The van der Waals surface area contributed by atoms with Crippen molar-refractivity contribution < 1.29 is 9.84 Å². The van der Waals surface area contributed by atoms with Crippen molar-refractivity contribution in [3.8, 4) is 11.5 Å². The Morgan fingerprint density at radius 3 is 2.92 bits per heavy atom. The number of phenolic OH excluding ortho intramolecular Hbond substituents is 1. The molecule has 1 aromatic heterocycles. The molecule has 2 aliphatic heterocycles. The molecule has 1 aromatic carbocycles. The fraction of sp³-hybridized carbons (Fsp3) is 0.375. The second-order valence-corrected chi connectivity index (χ2v) is 8.07. The molecule has 0 radical (unpaired) electrons. The minimum absolute atomic E-state index is 0.0742. The van der Waals surface area contributed by atoms with Gasteiger partial charge in [-0.25, -0.2) is 4.68 Å². The summed E-state index contributed by atoms with van der Waals surface area (Å²) in [5.41, 5.74) is 1.07. The fourth-order valence-corrected chi connectivity index (χ4v) is 5.09. The van der Waals surface area contributed by atoms with Gasteiger partial charge in [-0.2, -0.15) is 0 Å². The van der Waals surface area contributed by atoms with Crippen molar-refractivity contribution >= 4 is 23.5 Å². The molecule has 1 unspecified atom stereocenters. The summed E-state index contributed by atoms with van der Waals surface area (Å²) in [6.07, 6.45) is 0.883. The lowest BCUT2D eigenvalue weighted by Gasteiger charge is -2.26. The Hall–Kier alpha value is -1.80. The topological polar surface area (TPSA) is 63.4 Å². The number of fused-ring (bicyclic) bond motifs is 3. The van der Waals surface area contributed by atoms with Crippen LogP contribution in [0, 0.1) is 5.92 Å². The number of thioether (sulfide) groups is 2. The van der Waals surface area contributed by atoms with Gasteiger partial charge in [-0.05, 0) is 35.4 Å². The Morgan fingerprint density at radius 2 is 2.17 bits per heavy atom. The van der Waals surface area contributed by atoms with Crippen molar-refractivity contribution in [1.82, 2.24) is 14.9 Å². The van der Waals surface area contributed by atoms with E-state index in [0.29, 0.717) is 11.7 Å². The molecule has 0 saturated carbocycles. The standard InChI is InChI=1S/C16H18N4O2S2/c1-9(2)6-13-17-18-16-19(13)20-14(24-16)8-23-15(20)10-4-5-11(21)12(7-10)22-3/h4-5,7-9,15,21H,6H2,1-3H3. The third kappa shape index (κ3) is 2.44. The predicted molar refractivity (Wildman–Crippen MR) is 95.7 cm³/mol. The van der Waals surface area contributed by atoms with Crippen molar-refractivity contribution in [2.24, 2.45) is 5.92 Å². The first-order chi connectivity index (χ1) is 11.6. The molecule has 0 bridgehead atoms. The van der Waals surface area contributed by atoms with E-state index in [1.807, 2.05) is 12.1 Å². The molecule has 2 aliphatic rings. The highest BCUT2D eigenvalue weighted by atomic mass is 32.2. The zero-order valence-electron chi connectivity index (χ0n) is 13.6. The van der Waals surface area contributed by atoms with Crippen molar-refractivity contribution in [2.45, 2.75) is 30.8 Å². The monoisotopic (exact) mass is 362 g/mol. The quantitative estimate of drug-likeness (QED) is 0.893. The van der Waals surface area contributed by atoms with Gasteiger partial charge < -0.3 is 9.84 Å². The summed E-state index contributed by atoms with van der Waals surface area (Å²) >= 11 is 3.38. The molecular formula is C16H18N4O2S2. The van der Waals surface area contributed by atoms with Crippen LogP contribution in [-0.4, -0.2) is 27.1 Å². The van der Waals surface area contributed by atoms with Crippen LogP contribution in [0.1, 0.15) is 30.6 Å². The van der Waals surface area contributed by atoms with Crippen molar-refractivity contribution in [2.75, 3.05) is 12.1 Å². The number of ether oxygens (including phenoxy) is 1. The number of phenols is 1. The van der Waals surface area contributed by atoms with Crippen LogP contribution in [0.3, 0.4) is 0 Å². The Morgan fingerprint density at radius 1 is 1.33 bits per heavy atom. The van der Waals surface area contributed by atoms with Crippen molar-refractivity contribution in [1.29, 1.82) is 0 Å². The molecule has 3 heterocycles. The SMILES string of the molecule is COc1cc(C2SC=C3Sc4nnc(CC(C)C)n4N32)ccc1O. The van der Waals surface area contributed by atoms with E-state index in [2.05, 4.69) is 39.1 Å². The maximum atomic E-state index is 9.85. The summed E-state index contributed by atoms with van der Waals surface area (Å²) in [7, 11) is 1.56. The summed E-state index contributed by atoms with van der Waals surface area (Å²) in [4.78, 5) is 0. The Balaban J connectivity index is 1.72. The lowest BCUT2D eigenvalue weighted by Crippen LogP contribution is -2.31. The second kappa shape index (κ2) is 5.93. The van der Waals surface area contributed by atoms with E-state index in [4.69, 9.17) is 4.74 Å². The molecule has 0 aliphatic carbocycles. The Kier molecular flexibility index (Phi) is 3.88. The summed E-state index contributed by atoms with van der Waals surface area (Å²) in [6.45, 7) is 4.36.